The predicted octanol–water partition coefficient (Wildman–Crippen LogP) is 2.95. The van der Waals surface area contributed by atoms with Gasteiger partial charge in [0.2, 0.25) is 0 Å². The SMILES string of the molecule is CN=C(NCc1ccnc(N2CCCCC2)c1)NCc1ccc(OC)c(OC)c1. The third-order valence-electron chi connectivity index (χ3n) is 5.08. The van der Waals surface area contributed by atoms with Crippen LogP contribution >= 0.6 is 0 Å². The molecule has 156 valence electrons. The third kappa shape index (κ3) is 5.76. The summed E-state index contributed by atoms with van der Waals surface area (Å²) in [6.07, 6.45) is 5.70. The van der Waals surface area contributed by atoms with E-state index >= 15 is 0 Å². The molecule has 1 aliphatic rings. The molecule has 2 aromatic rings. The monoisotopic (exact) mass is 397 g/mol. The van der Waals surface area contributed by atoms with Crippen molar-refractivity contribution in [3.8, 4) is 11.5 Å². The number of hydrogen-bond donors (Lipinski definition) is 2. The van der Waals surface area contributed by atoms with Crippen molar-refractivity contribution >= 4 is 11.8 Å². The number of aromatic nitrogens is 1. The highest BCUT2D eigenvalue weighted by Crippen LogP contribution is 2.27. The van der Waals surface area contributed by atoms with Crippen LogP contribution in [0, 0.1) is 0 Å². The average Bonchev–Trinajstić information content (AvgIpc) is 2.79. The molecule has 29 heavy (non-hydrogen) atoms. The van der Waals surface area contributed by atoms with E-state index in [-0.39, 0.29) is 0 Å². The van der Waals surface area contributed by atoms with E-state index in [0.29, 0.717) is 13.1 Å². The second-order valence-corrected chi connectivity index (χ2v) is 7.04. The van der Waals surface area contributed by atoms with Crippen LogP contribution in [0.25, 0.3) is 0 Å². The van der Waals surface area contributed by atoms with E-state index in [2.05, 4.69) is 31.6 Å². The lowest BCUT2D eigenvalue weighted by atomic mass is 10.1. The van der Waals surface area contributed by atoms with E-state index in [0.717, 1.165) is 41.9 Å². The summed E-state index contributed by atoms with van der Waals surface area (Å²) < 4.78 is 10.7. The summed E-state index contributed by atoms with van der Waals surface area (Å²) in [7, 11) is 5.05. The molecule has 2 heterocycles. The van der Waals surface area contributed by atoms with Crippen LogP contribution in [-0.2, 0) is 13.1 Å². The Labute approximate surface area is 173 Å². The molecule has 0 bridgehead atoms. The summed E-state index contributed by atoms with van der Waals surface area (Å²) in [5.74, 6) is 3.26. The van der Waals surface area contributed by atoms with Gasteiger partial charge in [0, 0.05) is 39.4 Å². The zero-order chi connectivity index (χ0) is 20.5. The number of piperidine rings is 1. The number of guanidine groups is 1. The molecule has 0 atom stereocenters. The van der Waals surface area contributed by atoms with E-state index in [1.165, 1.54) is 24.8 Å². The fourth-order valence-electron chi connectivity index (χ4n) is 3.45. The topological polar surface area (TPSA) is 71.0 Å². The van der Waals surface area contributed by atoms with Gasteiger partial charge < -0.3 is 25.0 Å². The molecule has 2 N–H and O–H groups in total. The van der Waals surface area contributed by atoms with Gasteiger partial charge in [-0.2, -0.15) is 0 Å². The number of methoxy groups -OCH3 is 2. The lowest BCUT2D eigenvalue weighted by Gasteiger charge is -2.28. The van der Waals surface area contributed by atoms with Crippen molar-refractivity contribution < 1.29 is 9.47 Å². The Bertz CT molecular complexity index is 819. The maximum atomic E-state index is 5.37. The van der Waals surface area contributed by atoms with Crippen molar-refractivity contribution in [1.29, 1.82) is 0 Å². The quantitative estimate of drug-likeness (QED) is 0.553. The second-order valence-electron chi connectivity index (χ2n) is 7.04. The van der Waals surface area contributed by atoms with Crippen LogP contribution in [0.1, 0.15) is 30.4 Å². The fourth-order valence-corrected chi connectivity index (χ4v) is 3.45. The molecule has 0 aliphatic carbocycles. The van der Waals surface area contributed by atoms with Gasteiger partial charge in [0.25, 0.3) is 0 Å². The Balaban J connectivity index is 1.54. The first-order valence-electron chi connectivity index (χ1n) is 10.1. The molecule has 0 saturated carbocycles. The number of hydrogen-bond acceptors (Lipinski definition) is 5. The van der Waals surface area contributed by atoms with Gasteiger partial charge in [-0.05, 0) is 54.7 Å². The number of pyridine rings is 1. The van der Waals surface area contributed by atoms with Crippen LogP contribution in [0.15, 0.2) is 41.5 Å². The van der Waals surface area contributed by atoms with Crippen molar-refractivity contribution in [2.75, 3.05) is 39.3 Å². The number of benzene rings is 1. The predicted molar refractivity (Wildman–Crippen MR) is 117 cm³/mol. The summed E-state index contributed by atoms with van der Waals surface area (Å²) in [5, 5.41) is 6.71. The maximum Gasteiger partial charge on any atom is 0.191 e. The van der Waals surface area contributed by atoms with Crippen LogP contribution < -0.4 is 25.0 Å². The van der Waals surface area contributed by atoms with Crippen molar-refractivity contribution in [3.63, 3.8) is 0 Å². The van der Waals surface area contributed by atoms with Crippen molar-refractivity contribution in [3.05, 3.63) is 47.7 Å². The first kappa shape index (κ1) is 20.8. The Hall–Kier alpha value is -2.96. The number of nitrogens with zero attached hydrogens (tertiary/aromatic N) is 3. The van der Waals surface area contributed by atoms with Gasteiger partial charge in [0.15, 0.2) is 17.5 Å². The molecule has 1 aromatic heterocycles. The van der Waals surface area contributed by atoms with Crippen LogP contribution in [0.5, 0.6) is 11.5 Å². The van der Waals surface area contributed by atoms with Gasteiger partial charge in [-0.1, -0.05) is 6.07 Å². The fraction of sp³-hybridized carbons (Fsp3) is 0.455. The lowest BCUT2D eigenvalue weighted by molar-refractivity contribution is 0.354. The number of aliphatic imine (C=N–C) groups is 1. The average molecular weight is 398 g/mol. The molecule has 1 fully saturated rings. The smallest absolute Gasteiger partial charge is 0.191 e. The molecule has 1 aliphatic heterocycles. The summed E-state index contributed by atoms with van der Waals surface area (Å²) in [4.78, 5) is 11.2. The highest BCUT2D eigenvalue weighted by molar-refractivity contribution is 5.79. The molecular weight excluding hydrogens is 366 g/mol. The lowest BCUT2D eigenvalue weighted by Crippen LogP contribution is -2.36. The molecule has 7 heteroatoms. The summed E-state index contributed by atoms with van der Waals surface area (Å²) in [5.41, 5.74) is 2.27. The number of anilines is 1. The highest BCUT2D eigenvalue weighted by Gasteiger charge is 2.12. The molecule has 0 amide bonds. The Morgan fingerprint density at radius 3 is 2.31 bits per heavy atom. The Kier molecular flexibility index (Phi) is 7.55. The van der Waals surface area contributed by atoms with Crippen molar-refractivity contribution in [2.45, 2.75) is 32.4 Å². The van der Waals surface area contributed by atoms with Crippen LogP contribution in [-0.4, -0.2) is 45.3 Å². The molecule has 1 saturated heterocycles. The largest absolute Gasteiger partial charge is 0.493 e. The van der Waals surface area contributed by atoms with E-state index in [9.17, 15) is 0 Å². The minimum atomic E-state index is 0.634. The molecule has 0 spiro atoms. The highest BCUT2D eigenvalue weighted by atomic mass is 16.5. The second kappa shape index (κ2) is 10.5. The molecular formula is C22H31N5O2. The first-order valence-corrected chi connectivity index (χ1v) is 10.1. The Morgan fingerprint density at radius 2 is 1.66 bits per heavy atom. The van der Waals surface area contributed by atoms with Gasteiger partial charge in [-0.3, -0.25) is 4.99 Å². The van der Waals surface area contributed by atoms with Crippen LogP contribution in [0.2, 0.25) is 0 Å². The van der Waals surface area contributed by atoms with Gasteiger partial charge in [0.05, 0.1) is 14.2 Å². The molecule has 7 nitrogen and oxygen atoms in total. The number of nitrogens with one attached hydrogen (secondary N) is 2. The molecule has 0 radical (unpaired) electrons. The van der Waals surface area contributed by atoms with Gasteiger partial charge in [-0.25, -0.2) is 4.98 Å². The van der Waals surface area contributed by atoms with Crippen molar-refractivity contribution in [2.24, 2.45) is 4.99 Å². The van der Waals surface area contributed by atoms with Crippen LogP contribution in [0.4, 0.5) is 5.82 Å². The maximum absolute atomic E-state index is 5.37. The summed E-state index contributed by atoms with van der Waals surface area (Å²) >= 11 is 0. The van der Waals surface area contributed by atoms with Gasteiger partial charge in [-0.15, -0.1) is 0 Å². The first-order chi connectivity index (χ1) is 14.2. The number of rotatable bonds is 7. The van der Waals surface area contributed by atoms with E-state index in [1.807, 2.05) is 30.5 Å². The van der Waals surface area contributed by atoms with Gasteiger partial charge in [0.1, 0.15) is 5.82 Å². The van der Waals surface area contributed by atoms with Gasteiger partial charge >= 0.3 is 0 Å². The standard InChI is InChI=1S/C22H31N5O2/c1-23-22(25-15-17-7-8-19(28-2)20(13-17)29-3)26-16-18-9-10-24-21(14-18)27-11-5-4-6-12-27/h7-10,13-14H,4-6,11-12,15-16H2,1-3H3,(H2,23,25,26). The van der Waals surface area contributed by atoms with E-state index in [4.69, 9.17) is 9.47 Å². The normalized spacial score (nSPS) is 14.4. The van der Waals surface area contributed by atoms with E-state index in [1.54, 1.807) is 21.3 Å². The zero-order valence-corrected chi connectivity index (χ0v) is 17.6. The molecule has 1 aromatic carbocycles. The summed E-state index contributed by atoms with van der Waals surface area (Å²) in [6, 6.07) is 10.1. The van der Waals surface area contributed by atoms with Crippen molar-refractivity contribution in [1.82, 2.24) is 15.6 Å². The zero-order valence-electron chi connectivity index (χ0n) is 17.6. The van der Waals surface area contributed by atoms with Crippen LogP contribution in [0.3, 0.4) is 0 Å². The Morgan fingerprint density at radius 1 is 0.966 bits per heavy atom. The van der Waals surface area contributed by atoms with E-state index < -0.39 is 0 Å². The minimum absolute atomic E-state index is 0.634. The molecule has 3 rings (SSSR count). The minimum Gasteiger partial charge on any atom is -0.493 e. The summed E-state index contributed by atoms with van der Waals surface area (Å²) in [6.45, 7) is 3.52. The number of ether oxygens (including phenoxy) is 2. The molecule has 0 unspecified atom stereocenters. The third-order valence-corrected chi connectivity index (χ3v) is 5.08.